The van der Waals surface area contributed by atoms with Crippen molar-refractivity contribution in [3.63, 3.8) is 0 Å². The van der Waals surface area contributed by atoms with Gasteiger partial charge in [0.2, 0.25) is 0 Å². The maximum atomic E-state index is 12.1. The van der Waals surface area contributed by atoms with E-state index in [1.54, 1.807) is 17.0 Å². The Kier molecular flexibility index (Phi) is 5.43. The van der Waals surface area contributed by atoms with Crippen LogP contribution in [0, 0.1) is 10.1 Å². The van der Waals surface area contributed by atoms with E-state index >= 15 is 0 Å². The number of nitro benzene ring substituents is 1. The summed E-state index contributed by atoms with van der Waals surface area (Å²) < 4.78 is 5.39. The molecule has 1 heterocycles. The van der Waals surface area contributed by atoms with E-state index in [1.165, 1.54) is 6.07 Å². The third-order valence-electron chi connectivity index (χ3n) is 4.08. The Morgan fingerprint density at radius 1 is 1.25 bits per heavy atom. The molecule has 0 aromatic heterocycles. The lowest BCUT2D eigenvalue weighted by Gasteiger charge is -2.38. The standard InChI is InChI=1S/C17H25N3O4/c1-13(14-6-5-7-15(12-14)20(22)23)18-8-10-19(11-9-18)16(21)24-17(2,3)4/h5-7,12-13H,8-11H2,1-4H3. The summed E-state index contributed by atoms with van der Waals surface area (Å²) in [7, 11) is 0. The van der Waals surface area contributed by atoms with Crippen LogP contribution < -0.4 is 0 Å². The van der Waals surface area contributed by atoms with Gasteiger partial charge in [-0.25, -0.2) is 4.79 Å². The Morgan fingerprint density at radius 3 is 2.42 bits per heavy atom. The molecule has 1 amide bonds. The molecule has 1 atom stereocenters. The van der Waals surface area contributed by atoms with Gasteiger partial charge in [0.05, 0.1) is 4.92 Å². The molecule has 1 saturated heterocycles. The van der Waals surface area contributed by atoms with Crippen LogP contribution in [0.5, 0.6) is 0 Å². The van der Waals surface area contributed by atoms with Crippen molar-refractivity contribution in [2.75, 3.05) is 26.2 Å². The Hall–Kier alpha value is -2.15. The summed E-state index contributed by atoms with van der Waals surface area (Å²) in [5.41, 5.74) is 0.520. The number of benzene rings is 1. The van der Waals surface area contributed by atoms with Crippen molar-refractivity contribution >= 4 is 11.8 Å². The van der Waals surface area contributed by atoms with E-state index in [9.17, 15) is 14.9 Å². The third kappa shape index (κ3) is 4.67. The first kappa shape index (κ1) is 18.2. The quantitative estimate of drug-likeness (QED) is 0.626. The highest BCUT2D eigenvalue weighted by Crippen LogP contribution is 2.25. The molecule has 0 radical (unpaired) electrons. The van der Waals surface area contributed by atoms with E-state index in [-0.39, 0.29) is 22.7 Å². The van der Waals surface area contributed by atoms with Gasteiger partial charge in [-0.15, -0.1) is 0 Å². The average molecular weight is 335 g/mol. The van der Waals surface area contributed by atoms with E-state index in [0.717, 1.165) is 5.56 Å². The molecule has 7 nitrogen and oxygen atoms in total. The van der Waals surface area contributed by atoms with Crippen molar-refractivity contribution in [2.45, 2.75) is 39.3 Å². The number of carbonyl (C=O) groups is 1. The summed E-state index contributed by atoms with van der Waals surface area (Å²) in [6.45, 7) is 10.2. The van der Waals surface area contributed by atoms with Gasteiger partial charge in [0.1, 0.15) is 5.60 Å². The van der Waals surface area contributed by atoms with Crippen LogP contribution in [0.2, 0.25) is 0 Å². The van der Waals surface area contributed by atoms with E-state index in [4.69, 9.17) is 4.74 Å². The predicted molar refractivity (Wildman–Crippen MR) is 90.9 cm³/mol. The van der Waals surface area contributed by atoms with Crippen molar-refractivity contribution in [3.8, 4) is 0 Å². The minimum atomic E-state index is -0.496. The van der Waals surface area contributed by atoms with Crippen molar-refractivity contribution in [1.29, 1.82) is 0 Å². The molecular formula is C17H25N3O4. The fourth-order valence-corrected chi connectivity index (χ4v) is 2.73. The van der Waals surface area contributed by atoms with Gasteiger partial charge in [0.15, 0.2) is 0 Å². The van der Waals surface area contributed by atoms with E-state index in [2.05, 4.69) is 4.90 Å². The topological polar surface area (TPSA) is 75.9 Å². The van der Waals surface area contributed by atoms with Gasteiger partial charge in [-0.05, 0) is 33.3 Å². The molecule has 0 N–H and O–H groups in total. The zero-order valence-electron chi connectivity index (χ0n) is 14.7. The molecule has 1 fully saturated rings. The maximum absolute atomic E-state index is 12.1. The summed E-state index contributed by atoms with van der Waals surface area (Å²) in [6.07, 6.45) is -0.287. The number of rotatable bonds is 3. The van der Waals surface area contributed by atoms with E-state index in [1.807, 2.05) is 33.8 Å². The fraction of sp³-hybridized carbons (Fsp3) is 0.588. The highest BCUT2D eigenvalue weighted by Gasteiger charge is 2.28. The van der Waals surface area contributed by atoms with Crippen LogP contribution in [0.3, 0.4) is 0 Å². The second kappa shape index (κ2) is 7.17. The molecule has 1 aliphatic rings. The fourth-order valence-electron chi connectivity index (χ4n) is 2.73. The lowest BCUT2D eigenvalue weighted by molar-refractivity contribution is -0.385. The monoisotopic (exact) mass is 335 g/mol. The molecule has 24 heavy (non-hydrogen) atoms. The molecule has 1 unspecified atom stereocenters. The minimum absolute atomic E-state index is 0.0608. The van der Waals surface area contributed by atoms with Gasteiger partial charge >= 0.3 is 6.09 Å². The van der Waals surface area contributed by atoms with Gasteiger partial charge in [0, 0.05) is 44.4 Å². The molecule has 0 spiro atoms. The molecule has 132 valence electrons. The first-order valence-corrected chi connectivity index (χ1v) is 8.14. The second-order valence-corrected chi connectivity index (χ2v) is 7.03. The number of piperazine rings is 1. The molecule has 0 saturated carbocycles. The molecule has 1 aliphatic heterocycles. The third-order valence-corrected chi connectivity index (χ3v) is 4.08. The highest BCUT2D eigenvalue weighted by atomic mass is 16.6. The zero-order valence-corrected chi connectivity index (χ0v) is 14.7. The van der Waals surface area contributed by atoms with Gasteiger partial charge in [-0.3, -0.25) is 15.0 Å². The summed E-state index contributed by atoms with van der Waals surface area (Å²) >= 11 is 0. The van der Waals surface area contributed by atoms with Gasteiger partial charge in [0.25, 0.3) is 5.69 Å². The van der Waals surface area contributed by atoms with E-state index in [0.29, 0.717) is 26.2 Å². The van der Waals surface area contributed by atoms with Crippen LogP contribution in [-0.4, -0.2) is 52.6 Å². The molecule has 1 aromatic rings. The average Bonchev–Trinajstić information content (AvgIpc) is 2.53. The number of hydrogen-bond donors (Lipinski definition) is 0. The predicted octanol–water partition coefficient (Wildman–Crippen LogP) is 3.21. The number of carbonyl (C=O) groups excluding carboxylic acids is 1. The van der Waals surface area contributed by atoms with Gasteiger partial charge in [-0.1, -0.05) is 12.1 Å². The van der Waals surface area contributed by atoms with Crippen molar-refractivity contribution < 1.29 is 14.5 Å². The van der Waals surface area contributed by atoms with Crippen LogP contribution in [-0.2, 0) is 4.74 Å². The molecule has 7 heteroatoms. The lowest BCUT2D eigenvalue weighted by Crippen LogP contribution is -2.50. The van der Waals surface area contributed by atoms with Gasteiger partial charge in [-0.2, -0.15) is 0 Å². The number of non-ortho nitro benzene ring substituents is 1. The smallest absolute Gasteiger partial charge is 0.410 e. The maximum Gasteiger partial charge on any atom is 0.410 e. The SMILES string of the molecule is CC(c1cccc([N+](=O)[O-])c1)N1CCN(C(=O)OC(C)(C)C)CC1. The minimum Gasteiger partial charge on any atom is -0.444 e. The van der Waals surface area contributed by atoms with Gasteiger partial charge < -0.3 is 9.64 Å². The number of nitrogens with zero attached hydrogens (tertiary/aromatic N) is 3. The summed E-state index contributed by atoms with van der Waals surface area (Å²) in [4.78, 5) is 26.6. The number of amides is 1. The normalized spacial score (nSPS) is 17.4. The summed E-state index contributed by atoms with van der Waals surface area (Å²) in [6, 6.07) is 6.78. The zero-order chi connectivity index (χ0) is 17.9. The molecule has 2 rings (SSSR count). The molecule has 1 aromatic carbocycles. The molecule has 0 aliphatic carbocycles. The largest absolute Gasteiger partial charge is 0.444 e. The summed E-state index contributed by atoms with van der Waals surface area (Å²) in [5.74, 6) is 0. The highest BCUT2D eigenvalue weighted by molar-refractivity contribution is 5.68. The Labute approximate surface area is 142 Å². The van der Waals surface area contributed by atoms with Crippen molar-refractivity contribution in [3.05, 3.63) is 39.9 Å². The van der Waals surface area contributed by atoms with Crippen LogP contribution in [0.25, 0.3) is 0 Å². The Bertz CT molecular complexity index is 604. The van der Waals surface area contributed by atoms with Crippen LogP contribution in [0.1, 0.15) is 39.3 Å². The number of hydrogen-bond acceptors (Lipinski definition) is 5. The van der Waals surface area contributed by atoms with Crippen molar-refractivity contribution in [1.82, 2.24) is 9.80 Å². The first-order chi connectivity index (χ1) is 11.2. The number of ether oxygens (including phenoxy) is 1. The van der Waals surface area contributed by atoms with Crippen LogP contribution >= 0.6 is 0 Å². The second-order valence-electron chi connectivity index (χ2n) is 7.03. The Balaban J connectivity index is 1.95. The lowest BCUT2D eigenvalue weighted by atomic mass is 10.1. The molecule has 0 bridgehead atoms. The van der Waals surface area contributed by atoms with Crippen molar-refractivity contribution in [2.24, 2.45) is 0 Å². The van der Waals surface area contributed by atoms with Crippen LogP contribution in [0.4, 0.5) is 10.5 Å². The Morgan fingerprint density at radius 2 is 1.88 bits per heavy atom. The van der Waals surface area contributed by atoms with Crippen LogP contribution in [0.15, 0.2) is 24.3 Å². The van der Waals surface area contributed by atoms with E-state index < -0.39 is 5.60 Å². The number of nitro groups is 1. The molecular weight excluding hydrogens is 310 g/mol. The summed E-state index contributed by atoms with van der Waals surface area (Å²) in [5, 5.41) is 10.9. The first-order valence-electron chi connectivity index (χ1n) is 8.14.